The maximum absolute atomic E-state index is 9.52. The molecule has 1 aromatic carbocycles. The molecule has 0 bridgehead atoms. The van der Waals surface area contributed by atoms with E-state index in [1.165, 1.54) is 5.56 Å². The van der Waals surface area contributed by atoms with Gasteiger partial charge in [0, 0.05) is 6.54 Å². The van der Waals surface area contributed by atoms with E-state index in [9.17, 15) is 5.11 Å². The molecule has 0 saturated carbocycles. The largest absolute Gasteiger partial charge is 0.392 e. The van der Waals surface area contributed by atoms with Crippen molar-refractivity contribution in [1.82, 2.24) is 5.32 Å². The number of hydrogen-bond acceptors (Lipinski definition) is 3. The lowest BCUT2D eigenvalue weighted by Gasteiger charge is -2.17. The quantitative estimate of drug-likeness (QED) is 0.639. The highest BCUT2D eigenvalue weighted by atomic mass is 16.3. The number of benzene rings is 1. The Morgan fingerprint density at radius 2 is 1.69 bits per heavy atom. The molecule has 0 aliphatic heterocycles. The van der Waals surface area contributed by atoms with Crippen LogP contribution in [-0.4, -0.2) is 22.4 Å². The van der Waals surface area contributed by atoms with Crippen molar-refractivity contribution in [3.05, 3.63) is 35.4 Å². The Kier molecular flexibility index (Phi) is 4.93. The molecule has 0 fully saturated rings. The summed E-state index contributed by atoms with van der Waals surface area (Å²) in [5, 5.41) is 21.7. The van der Waals surface area contributed by atoms with Gasteiger partial charge in [0.25, 0.3) is 0 Å². The van der Waals surface area contributed by atoms with Crippen LogP contribution in [0.25, 0.3) is 0 Å². The summed E-state index contributed by atoms with van der Waals surface area (Å²) in [6.07, 6.45) is 0.738. The first-order chi connectivity index (χ1) is 7.51. The third kappa shape index (κ3) is 5.26. The SMILES string of the molecule is CC(C)(O)CCNCc1ccc(CO)cc1. The number of aliphatic hydroxyl groups is 2. The molecule has 3 heteroatoms. The smallest absolute Gasteiger partial charge is 0.0681 e. The molecule has 90 valence electrons. The summed E-state index contributed by atoms with van der Waals surface area (Å²) in [6, 6.07) is 7.85. The second kappa shape index (κ2) is 5.99. The van der Waals surface area contributed by atoms with Gasteiger partial charge in [-0.25, -0.2) is 0 Å². The van der Waals surface area contributed by atoms with Crippen molar-refractivity contribution in [2.24, 2.45) is 0 Å². The molecular weight excluding hydrogens is 202 g/mol. The molecule has 0 aliphatic carbocycles. The van der Waals surface area contributed by atoms with Crippen LogP contribution in [0.15, 0.2) is 24.3 Å². The molecular formula is C13H21NO2. The van der Waals surface area contributed by atoms with Crippen molar-refractivity contribution in [2.75, 3.05) is 6.54 Å². The van der Waals surface area contributed by atoms with Gasteiger partial charge in [-0.15, -0.1) is 0 Å². The van der Waals surface area contributed by atoms with Crippen molar-refractivity contribution in [3.63, 3.8) is 0 Å². The van der Waals surface area contributed by atoms with Gasteiger partial charge >= 0.3 is 0 Å². The van der Waals surface area contributed by atoms with Gasteiger partial charge in [-0.05, 0) is 37.9 Å². The first-order valence-corrected chi connectivity index (χ1v) is 5.63. The highest BCUT2D eigenvalue weighted by molar-refractivity contribution is 5.21. The van der Waals surface area contributed by atoms with Gasteiger partial charge in [-0.1, -0.05) is 24.3 Å². The molecule has 0 atom stereocenters. The Hall–Kier alpha value is -0.900. The Labute approximate surface area is 97.1 Å². The first kappa shape index (κ1) is 13.2. The van der Waals surface area contributed by atoms with E-state index < -0.39 is 5.60 Å². The molecule has 3 N–H and O–H groups in total. The minimum atomic E-state index is -0.603. The Balaban J connectivity index is 2.27. The fourth-order valence-corrected chi connectivity index (χ4v) is 1.39. The van der Waals surface area contributed by atoms with E-state index in [4.69, 9.17) is 5.11 Å². The lowest BCUT2D eigenvalue weighted by Crippen LogP contribution is -2.26. The van der Waals surface area contributed by atoms with Crippen molar-refractivity contribution in [1.29, 1.82) is 0 Å². The zero-order valence-electron chi connectivity index (χ0n) is 10.0. The monoisotopic (exact) mass is 223 g/mol. The topological polar surface area (TPSA) is 52.5 Å². The summed E-state index contributed by atoms with van der Waals surface area (Å²) in [5.41, 5.74) is 1.52. The first-order valence-electron chi connectivity index (χ1n) is 5.63. The lowest BCUT2D eigenvalue weighted by molar-refractivity contribution is 0.0711. The molecule has 0 radical (unpaired) electrons. The molecule has 0 unspecified atom stereocenters. The van der Waals surface area contributed by atoms with E-state index in [1.807, 2.05) is 38.1 Å². The normalized spacial score (nSPS) is 11.8. The third-order valence-electron chi connectivity index (χ3n) is 2.45. The van der Waals surface area contributed by atoms with Crippen LogP contribution >= 0.6 is 0 Å². The number of nitrogens with one attached hydrogen (secondary N) is 1. The van der Waals surface area contributed by atoms with Gasteiger partial charge in [0.15, 0.2) is 0 Å². The molecule has 0 aromatic heterocycles. The van der Waals surface area contributed by atoms with E-state index in [0.29, 0.717) is 0 Å². The molecule has 0 heterocycles. The van der Waals surface area contributed by atoms with E-state index in [0.717, 1.165) is 25.1 Å². The van der Waals surface area contributed by atoms with Crippen molar-refractivity contribution < 1.29 is 10.2 Å². The van der Waals surface area contributed by atoms with Crippen LogP contribution in [0, 0.1) is 0 Å². The van der Waals surface area contributed by atoms with Crippen LogP contribution in [0.5, 0.6) is 0 Å². The second-order valence-corrected chi connectivity index (χ2v) is 4.71. The van der Waals surface area contributed by atoms with Crippen molar-refractivity contribution in [3.8, 4) is 0 Å². The van der Waals surface area contributed by atoms with Crippen molar-refractivity contribution in [2.45, 2.75) is 39.0 Å². The summed E-state index contributed by atoms with van der Waals surface area (Å²) in [4.78, 5) is 0. The Morgan fingerprint density at radius 3 is 2.19 bits per heavy atom. The van der Waals surface area contributed by atoms with Gasteiger partial charge in [0.1, 0.15) is 0 Å². The molecule has 1 aromatic rings. The van der Waals surface area contributed by atoms with Crippen LogP contribution < -0.4 is 5.32 Å². The Morgan fingerprint density at radius 1 is 1.12 bits per heavy atom. The fraction of sp³-hybridized carbons (Fsp3) is 0.538. The third-order valence-corrected chi connectivity index (χ3v) is 2.45. The fourth-order valence-electron chi connectivity index (χ4n) is 1.39. The van der Waals surface area contributed by atoms with Crippen LogP contribution in [0.1, 0.15) is 31.4 Å². The molecule has 1 rings (SSSR count). The van der Waals surface area contributed by atoms with E-state index in [1.54, 1.807) is 0 Å². The van der Waals surface area contributed by atoms with Crippen LogP contribution in [0.3, 0.4) is 0 Å². The minimum Gasteiger partial charge on any atom is -0.392 e. The molecule has 0 amide bonds. The molecule has 0 spiro atoms. The van der Waals surface area contributed by atoms with Crippen LogP contribution in [0.4, 0.5) is 0 Å². The summed E-state index contributed by atoms with van der Waals surface area (Å²) >= 11 is 0. The molecule has 3 nitrogen and oxygen atoms in total. The minimum absolute atomic E-state index is 0.0897. The summed E-state index contributed by atoms with van der Waals surface area (Å²) in [5.74, 6) is 0. The number of aliphatic hydroxyl groups excluding tert-OH is 1. The average molecular weight is 223 g/mol. The van der Waals surface area contributed by atoms with Gasteiger partial charge < -0.3 is 15.5 Å². The van der Waals surface area contributed by atoms with Gasteiger partial charge in [-0.2, -0.15) is 0 Å². The molecule has 16 heavy (non-hydrogen) atoms. The summed E-state index contributed by atoms with van der Waals surface area (Å²) in [7, 11) is 0. The standard InChI is InChI=1S/C13H21NO2/c1-13(2,16)7-8-14-9-11-3-5-12(10-15)6-4-11/h3-6,14-16H,7-10H2,1-2H3. The molecule has 0 aliphatic rings. The number of hydrogen-bond donors (Lipinski definition) is 3. The van der Waals surface area contributed by atoms with Gasteiger partial charge in [0.05, 0.1) is 12.2 Å². The number of rotatable bonds is 6. The highest BCUT2D eigenvalue weighted by Gasteiger charge is 2.10. The average Bonchev–Trinajstić information content (AvgIpc) is 2.24. The highest BCUT2D eigenvalue weighted by Crippen LogP contribution is 2.06. The van der Waals surface area contributed by atoms with Crippen LogP contribution in [-0.2, 0) is 13.2 Å². The molecule has 0 saturated heterocycles. The van der Waals surface area contributed by atoms with Gasteiger partial charge in [0.2, 0.25) is 0 Å². The zero-order valence-corrected chi connectivity index (χ0v) is 10.0. The van der Waals surface area contributed by atoms with Crippen molar-refractivity contribution >= 4 is 0 Å². The second-order valence-electron chi connectivity index (χ2n) is 4.71. The lowest BCUT2D eigenvalue weighted by atomic mass is 10.1. The van der Waals surface area contributed by atoms with E-state index in [2.05, 4.69) is 5.32 Å². The predicted octanol–water partition coefficient (Wildman–Crippen LogP) is 1.43. The van der Waals surface area contributed by atoms with Gasteiger partial charge in [-0.3, -0.25) is 0 Å². The predicted molar refractivity (Wildman–Crippen MR) is 65.0 cm³/mol. The van der Waals surface area contributed by atoms with Crippen LogP contribution in [0.2, 0.25) is 0 Å². The summed E-state index contributed by atoms with van der Waals surface area (Å²) in [6.45, 7) is 5.30. The zero-order chi connectivity index (χ0) is 12.0. The summed E-state index contributed by atoms with van der Waals surface area (Å²) < 4.78 is 0. The van der Waals surface area contributed by atoms with E-state index in [-0.39, 0.29) is 6.61 Å². The Bertz CT molecular complexity index is 301. The van der Waals surface area contributed by atoms with E-state index >= 15 is 0 Å². The maximum Gasteiger partial charge on any atom is 0.0681 e. The maximum atomic E-state index is 9.52.